The second kappa shape index (κ2) is 9.69. The second-order valence-electron chi connectivity index (χ2n) is 6.65. The molecule has 1 aromatic heterocycles. The first-order chi connectivity index (χ1) is 14.4. The van der Waals surface area contributed by atoms with Gasteiger partial charge in [0.15, 0.2) is 0 Å². The number of benzene rings is 1. The van der Waals surface area contributed by atoms with Crippen molar-refractivity contribution in [2.75, 3.05) is 39.4 Å². The number of morpholine rings is 1. The van der Waals surface area contributed by atoms with Crippen molar-refractivity contribution in [3.8, 4) is 17.4 Å². The van der Waals surface area contributed by atoms with Crippen LogP contribution in [0.4, 0.5) is 0 Å². The van der Waals surface area contributed by atoms with Crippen LogP contribution in [0.3, 0.4) is 0 Å². The molecule has 10 heteroatoms. The first kappa shape index (κ1) is 21.7. The molecule has 2 heterocycles. The molecule has 30 heavy (non-hydrogen) atoms. The van der Waals surface area contributed by atoms with Gasteiger partial charge in [0.25, 0.3) is 5.91 Å². The lowest BCUT2D eigenvalue weighted by Crippen LogP contribution is -2.41. The van der Waals surface area contributed by atoms with Gasteiger partial charge in [0.2, 0.25) is 10.0 Å². The number of hydrogen-bond acceptors (Lipinski definition) is 7. The van der Waals surface area contributed by atoms with Crippen molar-refractivity contribution in [2.45, 2.75) is 4.90 Å². The molecule has 0 aliphatic carbocycles. The predicted molar refractivity (Wildman–Crippen MR) is 109 cm³/mol. The Bertz CT molecular complexity index is 1060. The van der Waals surface area contributed by atoms with Crippen molar-refractivity contribution >= 4 is 22.0 Å². The van der Waals surface area contributed by atoms with E-state index in [4.69, 9.17) is 14.3 Å². The topological polar surface area (TPSA) is 139 Å². The van der Waals surface area contributed by atoms with Crippen LogP contribution in [0.1, 0.15) is 5.76 Å². The van der Waals surface area contributed by atoms with Crippen molar-refractivity contribution < 1.29 is 22.4 Å². The van der Waals surface area contributed by atoms with Crippen molar-refractivity contribution in [1.29, 1.82) is 5.26 Å². The number of nitriles is 1. The van der Waals surface area contributed by atoms with Crippen LogP contribution < -0.4 is 10.5 Å². The fourth-order valence-corrected chi connectivity index (χ4v) is 3.45. The molecule has 1 fully saturated rings. The molecule has 3 rings (SSSR count). The Morgan fingerprint density at radius 1 is 1.20 bits per heavy atom. The normalized spacial score (nSPS) is 15.5. The monoisotopic (exact) mass is 430 g/mol. The lowest BCUT2D eigenvalue weighted by Gasteiger charge is -2.26. The van der Waals surface area contributed by atoms with Crippen LogP contribution >= 0.6 is 0 Å². The van der Waals surface area contributed by atoms with Crippen LogP contribution in [-0.4, -0.2) is 58.6 Å². The molecule has 1 saturated heterocycles. The van der Waals surface area contributed by atoms with Gasteiger partial charge >= 0.3 is 0 Å². The SMILES string of the molecule is N#CC(=Cc1ccc(-c2ccc(S(N)(=O)=O)cc2)o1)C(=O)NCCN1CCOCC1. The maximum absolute atomic E-state index is 12.3. The maximum atomic E-state index is 12.3. The van der Waals surface area contributed by atoms with Gasteiger partial charge in [0, 0.05) is 37.8 Å². The average Bonchev–Trinajstić information content (AvgIpc) is 3.21. The highest BCUT2D eigenvalue weighted by Gasteiger charge is 2.14. The maximum Gasteiger partial charge on any atom is 0.262 e. The highest BCUT2D eigenvalue weighted by molar-refractivity contribution is 7.89. The summed E-state index contributed by atoms with van der Waals surface area (Å²) in [7, 11) is -3.77. The molecule has 0 radical (unpaired) electrons. The Hall–Kier alpha value is -2.97. The van der Waals surface area contributed by atoms with Crippen LogP contribution in [0.15, 0.2) is 51.3 Å². The molecule has 0 bridgehead atoms. The van der Waals surface area contributed by atoms with Crippen LogP contribution in [-0.2, 0) is 19.6 Å². The Morgan fingerprint density at radius 3 is 2.53 bits per heavy atom. The summed E-state index contributed by atoms with van der Waals surface area (Å²) in [5.41, 5.74) is 0.568. The van der Waals surface area contributed by atoms with Crippen LogP contribution in [0.2, 0.25) is 0 Å². The molecule has 1 aliphatic heterocycles. The molecule has 1 amide bonds. The van der Waals surface area contributed by atoms with E-state index >= 15 is 0 Å². The fourth-order valence-electron chi connectivity index (χ4n) is 2.93. The van der Waals surface area contributed by atoms with E-state index in [9.17, 15) is 18.5 Å². The molecule has 3 N–H and O–H groups in total. The number of furan rings is 1. The van der Waals surface area contributed by atoms with Crippen LogP contribution in [0.25, 0.3) is 17.4 Å². The number of amides is 1. The molecular weight excluding hydrogens is 408 g/mol. The van der Waals surface area contributed by atoms with Gasteiger partial charge in [0.1, 0.15) is 23.2 Å². The summed E-state index contributed by atoms with van der Waals surface area (Å²) in [4.78, 5) is 14.5. The first-order valence-corrected chi connectivity index (χ1v) is 10.8. The van der Waals surface area contributed by atoms with Gasteiger partial charge < -0.3 is 14.5 Å². The number of primary sulfonamides is 1. The minimum absolute atomic E-state index is 0.00144. The Morgan fingerprint density at radius 2 is 1.90 bits per heavy atom. The van der Waals surface area contributed by atoms with Crippen molar-refractivity contribution in [3.05, 3.63) is 47.7 Å². The highest BCUT2D eigenvalue weighted by atomic mass is 32.2. The summed E-state index contributed by atoms with van der Waals surface area (Å²) in [5.74, 6) is 0.328. The van der Waals surface area contributed by atoms with E-state index in [2.05, 4.69) is 10.2 Å². The van der Waals surface area contributed by atoms with Crippen molar-refractivity contribution in [2.24, 2.45) is 5.14 Å². The zero-order valence-electron chi connectivity index (χ0n) is 16.2. The van der Waals surface area contributed by atoms with Gasteiger partial charge in [0.05, 0.1) is 18.1 Å². The number of hydrogen-bond donors (Lipinski definition) is 2. The van der Waals surface area contributed by atoms with Crippen LogP contribution in [0, 0.1) is 11.3 Å². The summed E-state index contributed by atoms with van der Waals surface area (Å²) < 4.78 is 33.6. The number of nitrogens with zero attached hydrogens (tertiary/aromatic N) is 2. The summed E-state index contributed by atoms with van der Waals surface area (Å²) in [6.07, 6.45) is 1.37. The Balaban J connectivity index is 1.62. The van der Waals surface area contributed by atoms with E-state index in [1.165, 1.54) is 18.2 Å². The second-order valence-corrected chi connectivity index (χ2v) is 8.21. The summed E-state index contributed by atoms with van der Waals surface area (Å²) >= 11 is 0. The van der Waals surface area contributed by atoms with Gasteiger partial charge in [-0.15, -0.1) is 0 Å². The van der Waals surface area contributed by atoms with E-state index in [0.717, 1.165) is 13.1 Å². The van der Waals surface area contributed by atoms with Crippen LogP contribution in [0.5, 0.6) is 0 Å². The Labute approximate surface area is 174 Å². The van der Waals surface area contributed by atoms with E-state index < -0.39 is 15.9 Å². The summed E-state index contributed by atoms with van der Waals surface area (Å²) in [6.45, 7) is 4.13. The van der Waals surface area contributed by atoms with Gasteiger partial charge in [-0.3, -0.25) is 9.69 Å². The first-order valence-electron chi connectivity index (χ1n) is 9.30. The van der Waals surface area contributed by atoms with Gasteiger partial charge in [-0.1, -0.05) is 0 Å². The fraction of sp³-hybridized carbons (Fsp3) is 0.300. The predicted octanol–water partition coefficient (Wildman–Crippen LogP) is 0.949. The molecule has 0 spiro atoms. The number of carbonyl (C=O) groups excluding carboxylic acids is 1. The number of nitrogens with one attached hydrogen (secondary N) is 1. The lowest BCUT2D eigenvalue weighted by atomic mass is 10.2. The van der Waals surface area contributed by atoms with E-state index in [0.29, 0.717) is 43.4 Å². The number of sulfonamides is 1. The molecular formula is C20H22N4O5S. The lowest BCUT2D eigenvalue weighted by molar-refractivity contribution is -0.117. The molecule has 158 valence electrons. The van der Waals surface area contributed by atoms with E-state index in [-0.39, 0.29) is 10.5 Å². The number of nitrogens with two attached hydrogens (primary N) is 1. The Kier molecular flexibility index (Phi) is 7.02. The smallest absolute Gasteiger partial charge is 0.262 e. The van der Waals surface area contributed by atoms with Crippen molar-refractivity contribution in [1.82, 2.24) is 10.2 Å². The minimum atomic E-state index is -3.77. The highest BCUT2D eigenvalue weighted by Crippen LogP contribution is 2.24. The molecule has 2 aromatic rings. The minimum Gasteiger partial charge on any atom is -0.457 e. The average molecular weight is 430 g/mol. The summed E-state index contributed by atoms with van der Waals surface area (Å²) in [5, 5.41) is 17.1. The quantitative estimate of drug-likeness (QED) is 0.492. The molecule has 1 aromatic carbocycles. The third kappa shape index (κ3) is 5.77. The third-order valence-corrected chi connectivity index (χ3v) is 5.49. The standard InChI is InChI=1S/C20H22N4O5S/c21-14-16(20(25)23-7-8-24-9-11-28-12-10-24)13-17-3-6-19(29-17)15-1-4-18(5-2-15)30(22,26)27/h1-6,13H,7-12H2,(H,23,25)(H2,22,26,27). The van der Waals surface area contributed by atoms with E-state index in [1.807, 2.05) is 6.07 Å². The van der Waals surface area contributed by atoms with Crippen molar-refractivity contribution in [3.63, 3.8) is 0 Å². The number of rotatable bonds is 7. The zero-order chi connectivity index (χ0) is 21.6. The molecule has 0 unspecified atom stereocenters. The number of ether oxygens (including phenoxy) is 1. The largest absolute Gasteiger partial charge is 0.457 e. The molecule has 0 saturated carbocycles. The third-order valence-electron chi connectivity index (χ3n) is 4.56. The molecule has 9 nitrogen and oxygen atoms in total. The zero-order valence-corrected chi connectivity index (χ0v) is 17.0. The number of carbonyl (C=O) groups is 1. The van der Waals surface area contributed by atoms with Gasteiger partial charge in [-0.25, -0.2) is 13.6 Å². The molecule has 0 atom stereocenters. The van der Waals surface area contributed by atoms with Gasteiger partial charge in [-0.2, -0.15) is 5.26 Å². The molecule has 1 aliphatic rings. The van der Waals surface area contributed by atoms with E-state index in [1.54, 1.807) is 24.3 Å². The van der Waals surface area contributed by atoms with Gasteiger partial charge in [-0.05, 0) is 36.4 Å². The summed E-state index contributed by atoms with van der Waals surface area (Å²) in [6, 6.07) is 11.1.